The summed E-state index contributed by atoms with van der Waals surface area (Å²) in [7, 11) is 0. The second kappa shape index (κ2) is 8.64. The van der Waals surface area contributed by atoms with Crippen molar-refractivity contribution in [2.24, 2.45) is 5.73 Å². The number of hydrogen-bond donors (Lipinski definition) is 1. The molecule has 0 spiro atoms. The summed E-state index contributed by atoms with van der Waals surface area (Å²) in [6, 6.07) is 8.80. The molecular weight excluding hydrogens is 344 g/mol. The van der Waals surface area contributed by atoms with Gasteiger partial charge in [0, 0.05) is 29.6 Å². The van der Waals surface area contributed by atoms with Crippen molar-refractivity contribution in [3.05, 3.63) is 70.2 Å². The lowest BCUT2D eigenvalue weighted by atomic mass is 9.90. The maximum absolute atomic E-state index is 12.0. The van der Waals surface area contributed by atoms with Crippen molar-refractivity contribution >= 4 is 18.1 Å². The van der Waals surface area contributed by atoms with Crippen LogP contribution in [0.1, 0.15) is 90.8 Å². The average molecular weight is 377 g/mol. The molecule has 0 radical (unpaired) electrons. The van der Waals surface area contributed by atoms with E-state index in [0.717, 1.165) is 47.2 Å². The first-order valence-corrected chi connectivity index (χ1v) is 10.4. The minimum atomic E-state index is 0.655. The van der Waals surface area contributed by atoms with Gasteiger partial charge in [-0.3, -0.25) is 4.79 Å². The van der Waals surface area contributed by atoms with E-state index in [4.69, 9.17) is 5.73 Å². The normalized spacial score (nSPS) is 15.2. The Morgan fingerprint density at radius 2 is 1.93 bits per heavy atom. The number of nitrogens with zero attached hydrogens (tertiary/aromatic N) is 1. The minimum Gasteiger partial charge on any atom is -0.401 e. The average Bonchev–Trinajstić information content (AvgIpc) is 3.28. The summed E-state index contributed by atoms with van der Waals surface area (Å²) in [5, 5.41) is 0. The predicted octanol–water partition coefficient (Wildman–Crippen LogP) is 5.92. The molecule has 0 aliphatic heterocycles. The molecule has 1 heterocycles. The lowest BCUT2D eigenvalue weighted by Gasteiger charge is -2.17. The fourth-order valence-electron chi connectivity index (χ4n) is 4.71. The van der Waals surface area contributed by atoms with E-state index in [-0.39, 0.29) is 0 Å². The van der Waals surface area contributed by atoms with Crippen molar-refractivity contribution < 1.29 is 4.79 Å². The summed E-state index contributed by atoms with van der Waals surface area (Å²) in [5.74, 6) is 0.655. The first kappa shape index (κ1) is 20.2. The molecule has 3 nitrogen and oxygen atoms in total. The van der Waals surface area contributed by atoms with E-state index >= 15 is 0 Å². The van der Waals surface area contributed by atoms with Crippen LogP contribution in [0.2, 0.25) is 0 Å². The molecule has 2 aromatic rings. The van der Waals surface area contributed by atoms with Gasteiger partial charge < -0.3 is 10.3 Å². The van der Waals surface area contributed by atoms with Crippen LogP contribution in [0.15, 0.2) is 36.5 Å². The van der Waals surface area contributed by atoms with Crippen molar-refractivity contribution in [2.45, 2.75) is 65.2 Å². The number of carbonyl (C=O) groups is 1. The summed E-state index contributed by atoms with van der Waals surface area (Å²) in [4.78, 5) is 12.0. The SMILES string of the molecule is C=C(C)c1c(C=O)c(CC)c(Cc2ccccc2C2CCCC2)n1/C=C(/C)N. The smallest absolute Gasteiger partial charge is 0.152 e. The highest BCUT2D eigenvalue weighted by molar-refractivity contribution is 5.87. The van der Waals surface area contributed by atoms with E-state index in [1.165, 1.54) is 36.8 Å². The van der Waals surface area contributed by atoms with Gasteiger partial charge in [-0.05, 0) is 61.3 Å². The second-order valence-electron chi connectivity index (χ2n) is 8.04. The largest absolute Gasteiger partial charge is 0.401 e. The van der Waals surface area contributed by atoms with Gasteiger partial charge in [0.1, 0.15) is 0 Å². The van der Waals surface area contributed by atoms with Crippen LogP contribution < -0.4 is 5.73 Å². The summed E-state index contributed by atoms with van der Waals surface area (Å²) in [5.41, 5.74) is 14.3. The molecule has 1 aliphatic carbocycles. The third kappa shape index (κ3) is 3.84. The molecule has 1 aliphatic rings. The molecule has 3 heteroatoms. The molecule has 0 atom stereocenters. The van der Waals surface area contributed by atoms with Crippen LogP contribution in [-0.2, 0) is 12.8 Å². The number of aldehydes is 1. The van der Waals surface area contributed by atoms with Gasteiger partial charge in [-0.1, -0.05) is 50.6 Å². The molecule has 0 amide bonds. The van der Waals surface area contributed by atoms with Crippen LogP contribution in [-0.4, -0.2) is 10.9 Å². The maximum atomic E-state index is 12.0. The Kier molecular flexibility index (Phi) is 6.23. The molecule has 1 aromatic heterocycles. The first-order chi connectivity index (χ1) is 13.5. The molecule has 0 saturated heterocycles. The number of carbonyl (C=O) groups excluding carboxylic acids is 1. The van der Waals surface area contributed by atoms with Crippen molar-refractivity contribution in [2.75, 3.05) is 0 Å². The van der Waals surface area contributed by atoms with Gasteiger partial charge in [-0.25, -0.2) is 0 Å². The number of benzene rings is 1. The Hall–Kier alpha value is -2.55. The van der Waals surface area contributed by atoms with Crippen LogP contribution in [0, 0.1) is 0 Å². The molecule has 1 aromatic carbocycles. The van der Waals surface area contributed by atoms with E-state index in [9.17, 15) is 4.79 Å². The van der Waals surface area contributed by atoms with Gasteiger partial charge >= 0.3 is 0 Å². The summed E-state index contributed by atoms with van der Waals surface area (Å²) >= 11 is 0. The molecule has 0 unspecified atom stereocenters. The van der Waals surface area contributed by atoms with E-state index in [2.05, 4.69) is 42.3 Å². The zero-order chi connectivity index (χ0) is 20.3. The van der Waals surface area contributed by atoms with Crippen molar-refractivity contribution in [3.63, 3.8) is 0 Å². The van der Waals surface area contributed by atoms with Crippen molar-refractivity contribution in [1.82, 2.24) is 4.57 Å². The van der Waals surface area contributed by atoms with Gasteiger partial charge in [-0.2, -0.15) is 0 Å². The van der Waals surface area contributed by atoms with E-state index in [1.54, 1.807) is 0 Å². The number of allylic oxidation sites excluding steroid dienone is 2. The van der Waals surface area contributed by atoms with Crippen LogP contribution in [0.25, 0.3) is 11.8 Å². The molecule has 148 valence electrons. The Balaban J connectivity index is 2.18. The Morgan fingerprint density at radius 1 is 1.25 bits per heavy atom. The Morgan fingerprint density at radius 3 is 2.50 bits per heavy atom. The highest BCUT2D eigenvalue weighted by atomic mass is 16.1. The number of aromatic nitrogens is 1. The Bertz CT molecular complexity index is 907. The van der Waals surface area contributed by atoms with Crippen LogP contribution >= 0.6 is 0 Å². The van der Waals surface area contributed by atoms with E-state index in [0.29, 0.717) is 11.6 Å². The Labute approximate surface area is 168 Å². The van der Waals surface area contributed by atoms with Gasteiger partial charge in [0.05, 0.1) is 5.69 Å². The van der Waals surface area contributed by atoms with E-state index in [1.807, 2.05) is 20.0 Å². The van der Waals surface area contributed by atoms with Crippen LogP contribution in [0.4, 0.5) is 0 Å². The summed E-state index contributed by atoms with van der Waals surface area (Å²) in [6.07, 6.45) is 9.70. The van der Waals surface area contributed by atoms with Crippen molar-refractivity contribution in [1.29, 1.82) is 0 Å². The van der Waals surface area contributed by atoms with Gasteiger partial charge in [-0.15, -0.1) is 0 Å². The number of nitrogens with two attached hydrogens (primary N) is 1. The highest BCUT2D eigenvalue weighted by Crippen LogP contribution is 2.37. The molecule has 1 saturated carbocycles. The molecule has 0 bridgehead atoms. The fourth-order valence-corrected chi connectivity index (χ4v) is 4.71. The minimum absolute atomic E-state index is 0.655. The monoisotopic (exact) mass is 376 g/mol. The van der Waals surface area contributed by atoms with Crippen molar-refractivity contribution in [3.8, 4) is 0 Å². The topological polar surface area (TPSA) is 48.0 Å². The number of rotatable bonds is 7. The quantitative estimate of drug-likeness (QED) is 0.610. The van der Waals surface area contributed by atoms with Crippen LogP contribution in [0.5, 0.6) is 0 Å². The molecular formula is C25H32N2O. The summed E-state index contributed by atoms with van der Waals surface area (Å²) in [6.45, 7) is 10.1. The second-order valence-corrected chi connectivity index (χ2v) is 8.04. The highest BCUT2D eigenvalue weighted by Gasteiger charge is 2.24. The lowest BCUT2D eigenvalue weighted by Crippen LogP contribution is -2.07. The standard InChI is InChI=1S/C25H32N2O/c1-5-21-23(16-28)25(17(2)3)27(15-18(4)26)24(21)14-20-12-8-9-13-22(20)19-10-6-7-11-19/h8-9,12-13,15-16,19H,2,5-7,10-11,14,26H2,1,3-4H3/b18-15-. The molecule has 2 N–H and O–H groups in total. The third-order valence-electron chi connectivity index (χ3n) is 5.88. The molecule has 28 heavy (non-hydrogen) atoms. The lowest BCUT2D eigenvalue weighted by molar-refractivity contribution is 0.112. The molecule has 3 rings (SSSR count). The first-order valence-electron chi connectivity index (χ1n) is 10.4. The fraction of sp³-hybridized carbons (Fsp3) is 0.400. The molecule has 1 fully saturated rings. The predicted molar refractivity (Wildman–Crippen MR) is 118 cm³/mol. The third-order valence-corrected chi connectivity index (χ3v) is 5.88. The number of hydrogen-bond acceptors (Lipinski definition) is 2. The zero-order valence-electron chi connectivity index (χ0n) is 17.4. The zero-order valence-corrected chi connectivity index (χ0v) is 17.4. The van der Waals surface area contributed by atoms with Gasteiger partial charge in [0.15, 0.2) is 6.29 Å². The van der Waals surface area contributed by atoms with Crippen LogP contribution in [0.3, 0.4) is 0 Å². The summed E-state index contributed by atoms with van der Waals surface area (Å²) < 4.78 is 2.10. The van der Waals surface area contributed by atoms with Gasteiger partial charge in [0.25, 0.3) is 0 Å². The van der Waals surface area contributed by atoms with E-state index < -0.39 is 0 Å². The maximum Gasteiger partial charge on any atom is 0.152 e. The van der Waals surface area contributed by atoms with Gasteiger partial charge in [0.2, 0.25) is 0 Å².